The van der Waals surface area contributed by atoms with Gasteiger partial charge in [-0.1, -0.05) is 0 Å². The van der Waals surface area contributed by atoms with Gasteiger partial charge in [0.15, 0.2) is 0 Å². The minimum atomic E-state index is -4.78. The van der Waals surface area contributed by atoms with Crippen molar-refractivity contribution in [2.45, 2.75) is 59.0 Å². The molecule has 8 nitrogen and oxygen atoms in total. The van der Waals surface area contributed by atoms with E-state index < -0.39 is 35.0 Å². The molecule has 1 unspecified atom stereocenters. The summed E-state index contributed by atoms with van der Waals surface area (Å²) in [5, 5.41) is 0.000483. The van der Waals surface area contributed by atoms with Crippen molar-refractivity contribution in [3.63, 3.8) is 0 Å². The molecular weight excluding hydrogens is 451 g/mol. The number of thiophene rings is 1. The molecule has 0 amide bonds. The first-order valence-corrected chi connectivity index (χ1v) is 10.6. The van der Waals surface area contributed by atoms with Crippen LogP contribution in [-0.2, 0) is 20.8 Å². The second-order valence-corrected chi connectivity index (χ2v) is 9.18. The van der Waals surface area contributed by atoms with Crippen LogP contribution in [0.25, 0.3) is 10.2 Å². The van der Waals surface area contributed by atoms with Crippen molar-refractivity contribution in [2.75, 3.05) is 20.3 Å². The van der Waals surface area contributed by atoms with Crippen LogP contribution in [0.1, 0.15) is 44.2 Å². The zero-order chi connectivity index (χ0) is 24.4. The zero-order valence-electron chi connectivity index (χ0n) is 18.7. The van der Waals surface area contributed by atoms with Gasteiger partial charge in [0.1, 0.15) is 23.0 Å². The molecule has 2 aromatic heterocycles. The average Bonchev–Trinajstić information content (AvgIpc) is 2.96. The van der Waals surface area contributed by atoms with E-state index in [1.165, 1.54) is 13.3 Å². The summed E-state index contributed by atoms with van der Waals surface area (Å²) in [5.74, 6) is -0.550. The van der Waals surface area contributed by atoms with Crippen molar-refractivity contribution in [1.29, 1.82) is 0 Å². The highest BCUT2D eigenvalue weighted by Crippen LogP contribution is 2.30. The third-order valence-corrected chi connectivity index (χ3v) is 5.76. The average molecular weight is 478 g/mol. The first-order chi connectivity index (χ1) is 14.7. The van der Waals surface area contributed by atoms with Crippen molar-refractivity contribution in [3.8, 4) is 0 Å². The van der Waals surface area contributed by atoms with Crippen LogP contribution in [0.15, 0.2) is 14.6 Å². The molecule has 0 bridgehead atoms. The van der Waals surface area contributed by atoms with Gasteiger partial charge in [-0.05, 0) is 40.2 Å². The summed E-state index contributed by atoms with van der Waals surface area (Å²) in [4.78, 5) is 42.3. The van der Waals surface area contributed by atoms with Gasteiger partial charge in [0.2, 0.25) is 0 Å². The summed E-state index contributed by atoms with van der Waals surface area (Å²) in [7, 11) is 1.39. The lowest BCUT2D eigenvalue weighted by molar-refractivity contribution is -0.164. The highest BCUT2D eigenvalue weighted by Gasteiger charge is 2.40. The van der Waals surface area contributed by atoms with E-state index in [2.05, 4.69) is 4.99 Å². The van der Waals surface area contributed by atoms with Gasteiger partial charge in [0.25, 0.3) is 5.56 Å². The van der Waals surface area contributed by atoms with Crippen molar-refractivity contribution < 1.29 is 27.4 Å². The Labute approximate surface area is 186 Å². The molecule has 0 aromatic carbocycles. The number of halogens is 3. The number of aromatic nitrogens is 2. The second kappa shape index (κ2) is 9.57. The summed E-state index contributed by atoms with van der Waals surface area (Å²) >= 11 is 1.03. The molecule has 0 saturated carbocycles. The van der Waals surface area contributed by atoms with Crippen LogP contribution in [0, 0.1) is 6.92 Å². The number of alkyl halides is 3. The lowest BCUT2D eigenvalue weighted by atomic mass is 10.2. The minimum absolute atomic E-state index is 0.000483. The number of ether oxygens (including phenoxy) is 2. The molecule has 0 fully saturated rings. The fourth-order valence-corrected chi connectivity index (χ4v) is 4.16. The Kier molecular flexibility index (Phi) is 7.71. The van der Waals surface area contributed by atoms with Gasteiger partial charge in [-0.15, -0.1) is 11.3 Å². The SMILES string of the molecule is COCCn1c(=O)n(C(C)C(F)(F)F)c(=O)c2c(C)c(C=NCC(=O)OC(C)(C)C)sc21. The van der Waals surface area contributed by atoms with Crippen LogP contribution < -0.4 is 11.2 Å². The van der Waals surface area contributed by atoms with Gasteiger partial charge >= 0.3 is 17.8 Å². The molecule has 0 aliphatic heterocycles. The number of methoxy groups -OCH3 is 1. The van der Waals surface area contributed by atoms with E-state index in [1.807, 2.05) is 0 Å². The van der Waals surface area contributed by atoms with Gasteiger partial charge in [-0.3, -0.25) is 19.1 Å². The molecule has 0 aliphatic rings. The number of hydrogen-bond donors (Lipinski definition) is 0. The van der Waals surface area contributed by atoms with E-state index in [0.29, 0.717) is 10.4 Å². The predicted octanol–water partition coefficient (Wildman–Crippen LogP) is 3.06. The Hall–Kier alpha value is -2.47. The molecular formula is C20H26F3N3O5S. The number of aliphatic imine (C=N–C) groups is 1. The quantitative estimate of drug-likeness (QED) is 0.452. The highest BCUT2D eigenvalue weighted by atomic mass is 32.1. The lowest BCUT2D eigenvalue weighted by Gasteiger charge is -2.19. The number of nitrogens with zero attached hydrogens (tertiary/aromatic N) is 3. The molecule has 178 valence electrons. The fraction of sp³-hybridized carbons (Fsp3) is 0.600. The molecule has 0 aliphatic carbocycles. The summed E-state index contributed by atoms with van der Waals surface area (Å²) in [6.07, 6.45) is -3.43. The molecule has 32 heavy (non-hydrogen) atoms. The Balaban J connectivity index is 2.61. The number of esters is 1. The normalized spacial score (nSPS) is 13.8. The van der Waals surface area contributed by atoms with Crippen molar-refractivity contribution in [3.05, 3.63) is 31.3 Å². The number of fused-ring (bicyclic) bond motifs is 1. The molecule has 1 atom stereocenters. The maximum absolute atomic E-state index is 13.3. The molecule has 0 N–H and O–H groups in total. The molecule has 0 saturated heterocycles. The van der Waals surface area contributed by atoms with Crippen LogP contribution in [0.2, 0.25) is 0 Å². The fourth-order valence-electron chi connectivity index (χ4n) is 2.95. The van der Waals surface area contributed by atoms with E-state index in [1.54, 1.807) is 27.7 Å². The minimum Gasteiger partial charge on any atom is -0.459 e. The smallest absolute Gasteiger partial charge is 0.409 e. The Morgan fingerprint density at radius 2 is 1.88 bits per heavy atom. The Morgan fingerprint density at radius 3 is 2.41 bits per heavy atom. The monoisotopic (exact) mass is 477 g/mol. The predicted molar refractivity (Wildman–Crippen MR) is 116 cm³/mol. The molecule has 12 heteroatoms. The third kappa shape index (κ3) is 5.66. The summed E-state index contributed by atoms with van der Waals surface area (Å²) in [5.41, 5.74) is -2.39. The van der Waals surface area contributed by atoms with E-state index in [4.69, 9.17) is 9.47 Å². The summed E-state index contributed by atoms with van der Waals surface area (Å²) in [6, 6.07) is -2.30. The number of carbonyl (C=O) groups excluding carboxylic acids is 1. The van der Waals surface area contributed by atoms with Crippen molar-refractivity contribution in [1.82, 2.24) is 9.13 Å². The second-order valence-electron chi connectivity index (χ2n) is 8.15. The Morgan fingerprint density at radius 1 is 1.25 bits per heavy atom. The molecule has 0 radical (unpaired) electrons. The van der Waals surface area contributed by atoms with Crippen molar-refractivity contribution >= 4 is 33.7 Å². The van der Waals surface area contributed by atoms with Crippen LogP contribution in [0.3, 0.4) is 0 Å². The summed E-state index contributed by atoms with van der Waals surface area (Å²) < 4.78 is 51.5. The largest absolute Gasteiger partial charge is 0.459 e. The lowest BCUT2D eigenvalue weighted by Crippen LogP contribution is -2.45. The van der Waals surface area contributed by atoms with Gasteiger partial charge in [-0.2, -0.15) is 13.2 Å². The third-order valence-electron chi connectivity index (χ3n) is 4.51. The van der Waals surface area contributed by atoms with E-state index >= 15 is 0 Å². The number of carbonyl (C=O) groups is 1. The number of aryl methyl sites for hydroxylation is 1. The summed E-state index contributed by atoms with van der Waals surface area (Å²) in [6.45, 7) is 7.24. The highest BCUT2D eigenvalue weighted by molar-refractivity contribution is 7.20. The Bertz CT molecular complexity index is 1140. The van der Waals surface area contributed by atoms with E-state index in [-0.39, 0.29) is 34.5 Å². The van der Waals surface area contributed by atoms with Crippen molar-refractivity contribution in [2.24, 2.45) is 4.99 Å². The number of rotatable bonds is 7. The zero-order valence-corrected chi connectivity index (χ0v) is 19.5. The van der Waals surface area contributed by atoms with Crippen LogP contribution in [0.4, 0.5) is 13.2 Å². The van der Waals surface area contributed by atoms with Gasteiger partial charge in [0, 0.05) is 13.3 Å². The van der Waals surface area contributed by atoms with E-state index in [0.717, 1.165) is 22.8 Å². The number of hydrogen-bond acceptors (Lipinski definition) is 7. The topological polar surface area (TPSA) is 91.9 Å². The maximum Gasteiger partial charge on any atom is 0.409 e. The first-order valence-electron chi connectivity index (χ1n) is 9.74. The molecule has 2 aromatic rings. The van der Waals surface area contributed by atoms with Gasteiger partial charge < -0.3 is 9.47 Å². The van der Waals surface area contributed by atoms with E-state index in [9.17, 15) is 27.6 Å². The molecule has 2 heterocycles. The van der Waals surface area contributed by atoms with Crippen LogP contribution in [0.5, 0.6) is 0 Å². The molecule has 0 spiro atoms. The van der Waals surface area contributed by atoms with Crippen LogP contribution in [-0.4, -0.2) is 53.4 Å². The van der Waals surface area contributed by atoms with Crippen LogP contribution >= 0.6 is 11.3 Å². The van der Waals surface area contributed by atoms with Gasteiger partial charge in [0.05, 0.1) is 23.4 Å². The first kappa shape index (κ1) is 25.8. The van der Waals surface area contributed by atoms with Gasteiger partial charge in [-0.25, -0.2) is 9.36 Å². The molecule has 2 rings (SSSR count). The standard InChI is InChI=1S/C20H26F3N3O5S/c1-11-13(9-24-10-14(27)31-19(3,4)5)32-17-15(11)16(28)26(12(2)20(21,22)23)18(29)25(17)7-8-30-6/h9,12H,7-8,10H2,1-6H3. The maximum atomic E-state index is 13.3.